The van der Waals surface area contributed by atoms with Crippen molar-refractivity contribution in [2.75, 3.05) is 0 Å². The number of carbonyl (C=O) groups is 1. The van der Waals surface area contributed by atoms with Crippen LogP contribution in [0.25, 0.3) is 10.9 Å². The van der Waals surface area contributed by atoms with Crippen LogP contribution in [0, 0.1) is 0 Å². The Morgan fingerprint density at radius 2 is 2.08 bits per heavy atom. The van der Waals surface area contributed by atoms with Gasteiger partial charge in [-0.25, -0.2) is 4.98 Å². The second kappa shape index (κ2) is 7.07. The van der Waals surface area contributed by atoms with Gasteiger partial charge in [0, 0.05) is 25.9 Å². The molecule has 8 nitrogen and oxygen atoms in total. The largest absolute Gasteiger partial charge is 0.349 e. The summed E-state index contributed by atoms with van der Waals surface area (Å²) in [5, 5.41) is 11.8. The topological polar surface area (TPSA) is 94.7 Å². The maximum absolute atomic E-state index is 12.4. The third-order valence-electron chi connectivity index (χ3n) is 4.69. The number of rotatable bonds is 5. The first kappa shape index (κ1) is 16.4. The third-order valence-corrected chi connectivity index (χ3v) is 4.69. The van der Waals surface area contributed by atoms with Crippen molar-refractivity contribution in [2.45, 2.75) is 45.3 Å². The van der Waals surface area contributed by atoms with Crippen LogP contribution < -0.4 is 10.9 Å². The molecule has 1 aliphatic rings. The minimum Gasteiger partial charge on any atom is -0.349 e. The molecule has 3 heterocycles. The van der Waals surface area contributed by atoms with Gasteiger partial charge in [0.2, 0.25) is 5.91 Å². The molecule has 4 rings (SSSR count). The Hall–Kier alpha value is -3.03. The normalized spacial score (nSPS) is 13.5. The van der Waals surface area contributed by atoms with Crippen molar-refractivity contribution in [3.05, 3.63) is 52.6 Å². The molecule has 1 amide bonds. The number of nitrogens with zero attached hydrogens (tertiary/aromatic N) is 5. The molecule has 1 N–H and O–H groups in total. The second-order valence-electron chi connectivity index (χ2n) is 6.43. The highest BCUT2D eigenvalue weighted by molar-refractivity contribution is 5.77. The van der Waals surface area contributed by atoms with Gasteiger partial charge >= 0.3 is 0 Å². The molecular weight excluding hydrogens is 332 g/mol. The molecule has 3 aromatic rings. The average Bonchev–Trinajstić information content (AvgIpc) is 3.09. The van der Waals surface area contributed by atoms with Crippen LogP contribution in [0.3, 0.4) is 0 Å². The third kappa shape index (κ3) is 3.22. The van der Waals surface area contributed by atoms with E-state index < -0.39 is 0 Å². The van der Waals surface area contributed by atoms with E-state index in [1.807, 2.05) is 12.1 Å². The van der Waals surface area contributed by atoms with Crippen LogP contribution in [-0.2, 0) is 30.8 Å². The lowest BCUT2D eigenvalue weighted by atomic mass is 10.2. The van der Waals surface area contributed by atoms with Crippen molar-refractivity contribution in [3.8, 4) is 0 Å². The van der Waals surface area contributed by atoms with E-state index in [0.29, 0.717) is 24.0 Å². The number of nitrogens with one attached hydrogen (secondary N) is 1. The lowest BCUT2D eigenvalue weighted by Crippen LogP contribution is -2.28. The highest BCUT2D eigenvalue weighted by Crippen LogP contribution is 2.14. The first-order chi connectivity index (χ1) is 12.7. The summed E-state index contributed by atoms with van der Waals surface area (Å²) < 4.78 is 3.56. The molecule has 0 spiro atoms. The van der Waals surface area contributed by atoms with Crippen LogP contribution in [0.2, 0.25) is 0 Å². The SMILES string of the molecule is O=C(CCn1cnc2ccccc2c1=O)NCc1nnc2n1CCCC2. The number of aromatic nitrogens is 5. The standard InChI is InChI=1S/C18H20N6O2/c25-17(19-11-16-22-21-15-7-3-4-9-24(15)16)8-10-23-12-20-14-6-2-1-5-13(14)18(23)26/h1-2,5-6,12H,3-4,7-11H2,(H,19,25). The Balaban J connectivity index is 1.36. The van der Waals surface area contributed by atoms with Gasteiger partial charge in [0.25, 0.3) is 5.56 Å². The molecule has 2 aromatic heterocycles. The molecule has 0 unspecified atom stereocenters. The van der Waals surface area contributed by atoms with E-state index in [4.69, 9.17) is 0 Å². The Kier molecular flexibility index (Phi) is 4.47. The maximum Gasteiger partial charge on any atom is 0.261 e. The molecule has 0 fully saturated rings. The molecular formula is C18H20N6O2. The number of amides is 1. The molecule has 26 heavy (non-hydrogen) atoms. The van der Waals surface area contributed by atoms with Crippen molar-refractivity contribution >= 4 is 16.8 Å². The maximum atomic E-state index is 12.4. The van der Waals surface area contributed by atoms with E-state index in [-0.39, 0.29) is 17.9 Å². The van der Waals surface area contributed by atoms with Crippen molar-refractivity contribution in [2.24, 2.45) is 0 Å². The van der Waals surface area contributed by atoms with Gasteiger partial charge in [-0.2, -0.15) is 0 Å². The number of fused-ring (bicyclic) bond motifs is 2. The smallest absolute Gasteiger partial charge is 0.261 e. The van der Waals surface area contributed by atoms with Gasteiger partial charge in [-0.15, -0.1) is 10.2 Å². The summed E-state index contributed by atoms with van der Waals surface area (Å²) in [6.45, 7) is 1.56. The summed E-state index contributed by atoms with van der Waals surface area (Å²) in [4.78, 5) is 28.8. The molecule has 8 heteroatoms. The van der Waals surface area contributed by atoms with Gasteiger partial charge < -0.3 is 9.88 Å². The molecule has 0 radical (unpaired) electrons. The van der Waals surface area contributed by atoms with Crippen LogP contribution in [-0.4, -0.2) is 30.2 Å². The molecule has 0 saturated carbocycles. The summed E-state index contributed by atoms with van der Waals surface area (Å²) in [5.74, 6) is 1.66. The predicted octanol–water partition coefficient (Wildman–Crippen LogP) is 1.03. The average molecular weight is 352 g/mol. The van der Waals surface area contributed by atoms with E-state index >= 15 is 0 Å². The van der Waals surface area contributed by atoms with E-state index in [0.717, 1.165) is 37.5 Å². The number of hydrogen-bond acceptors (Lipinski definition) is 5. The molecule has 0 bridgehead atoms. The van der Waals surface area contributed by atoms with Crippen LogP contribution in [0.5, 0.6) is 0 Å². The number of hydrogen-bond donors (Lipinski definition) is 1. The monoisotopic (exact) mass is 352 g/mol. The lowest BCUT2D eigenvalue weighted by Gasteiger charge is -2.14. The van der Waals surface area contributed by atoms with Crippen molar-refractivity contribution < 1.29 is 4.79 Å². The van der Waals surface area contributed by atoms with Gasteiger partial charge in [-0.05, 0) is 25.0 Å². The predicted molar refractivity (Wildman–Crippen MR) is 95.4 cm³/mol. The molecule has 0 atom stereocenters. The number of aryl methyl sites for hydroxylation is 2. The Morgan fingerprint density at radius 1 is 1.19 bits per heavy atom. The first-order valence-corrected chi connectivity index (χ1v) is 8.84. The second-order valence-corrected chi connectivity index (χ2v) is 6.43. The van der Waals surface area contributed by atoms with Crippen molar-refractivity contribution in [1.82, 2.24) is 29.6 Å². The number of benzene rings is 1. The zero-order chi connectivity index (χ0) is 17.9. The highest BCUT2D eigenvalue weighted by Gasteiger charge is 2.16. The molecule has 1 aromatic carbocycles. The summed E-state index contributed by atoms with van der Waals surface area (Å²) in [6.07, 6.45) is 4.90. The zero-order valence-electron chi connectivity index (χ0n) is 14.4. The van der Waals surface area contributed by atoms with Crippen LogP contribution in [0.15, 0.2) is 35.4 Å². The minimum absolute atomic E-state index is 0.127. The highest BCUT2D eigenvalue weighted by atomic mass is 16.1. The fourth-order valence-corrected chi connectivity index (χ4v) is 3.25. The van der Waals surface area contributed by atoms with E-state index in [1.165, 1.54) is 10.9 Å². The van der Waals surface area contributed by atoms with Crippen molar-refractivity contribution in [1.29, 1.82) is 0 Å². The van der Waals surface area contributed by atoms with E-state index in [9.17, 15) is 9.59 Å². The van der Waals surface area contributed by atoms with Gasteiger partial charge in [0.15, 0.2) is 5.82 Å². The Labute approximate surface area is 149 Å². The minimum atomic E-state index is -0.130. The lowest BCUT2D eigenvalue weighted by molar-refractivity contribution is -0.121. The van der Waals surface area contributed by atoms with Gasteiger partial charge in [-0.1, -0.05) is 12.1 Å². The van der Waals surface area contributed by atoms with Crippen LogP contribution in [0.4, 0.5) is 0 Å². The van der Waals surface area contributed by atoms with E-state index in [2.05, 4.69) is 25.1 Å². The van der Waals surface area contributed by atoms with Crippen LogP contribution in [0.1, 0.15) is 30.9 Å². The molecule has 0 saturated heterocycles. The fraction of sp³-hybridized carbons (Fsp3) is 0.389. The molecule has 0 aliphatic carbocycles. The van der Waals surface area contributed by atoms with Gasteiger partial charge in [0.05, 0.1) is 23.8 Å². The number of para-hydroxylation sites is 1. The summed E-state index contributed by atoms with van der Waals surface area (Å²) in [5.41, 5.74) is 0.532. The summed E-state index contributed by atoms with van der Waals surface area (Å²) in [7, 11) is 0. The van der Waals surface area contributed by atoms with Crippen molar-refractivity contribution in [3.63, 3.8) is 0 Å². The van der Waals surface area contributed by atoms with Crippen LogP contribution >= 0.6 is 0 Å². The summed E-state index contributed by atoms with van der Waals surface area (Å²) >= 11 is 0. The quantitative estimate of drug-likeness (QED) is 0.740. The van der Waals surface area contributed by atoms with Gasteiger partial charge in [0.1, 0.15) is 5.82 Å². The molecule has 1 aliphatic heterocycles. The molecule has 134 valence electrons. The number of carbonyl (C=O) groups excluding carboxylic acids is 1. The Bertz CT molecular complexity index is 1010. The summed E-state index contributed by atoms with van der Waals surface area (Å²) in [6, 6.07) is 7.19. The zero-order valence-corrected chi connectivity index (χ0v) is 14.4. The fourth-order valence-electron chi connectivity index (χ4n) is 3.25. The Morgan fingerprint density at radius 3 is 3.00 bits per heavy atom. The van der Waals surface area contributed by atoms with E-state index in [1.54, 1.807) is 12.1 Å². The van der Waals surface area contributed by atoms with Gasteiger partial charge in [-0.3, -0.25) is 14.2 Å². The first-order valence-electron chi connectivity index (χ1n) is 8.84.